The lowest BCUT2D eigenvalue weighted by Gasteiger charge is -2.40. The van der Waals surface area contributed by atoms with Gasteiger partial charge in [0.05, 0.1) is 0 Å². The second kappa shape index (κ2) is 7.55. The number of nitrogens with one attached hydrogen (secondary N) is 1. The minimum Gasteiger partial charge on any atom is -0.381 e. The molecule has 6 heteroatoms. The van der Waals surface area contributed by atoms with E-state index in [-0.39, 0.29) is 12.1 Å². The fourth-order valence-corrected chi connectivity index (χ4v) is 3.51. The number of aromatic nitrogens is 2. The predicted molar refractivity (Wildman–Crippen MR) is 93.1 cm³/mol. The summed E-state index contributed by atoms with van der Waals surface area (Å²) in [6.07, 6.45) is 5.07. The van der Waals surface area contributed by atoms with Gasteiger partial charge >= 0.3 is 6.03 Å². The molecule has 0 aromatic carbocycles. The normalized spacial score (nSPS) is 20.7. The van der Waals surface area contributed by atoms with Crippen molar-refractivity contribution in [2.24, 2.45) is 5.92 Å². The molecule has 1 aromatic heterocycles. The maximum absolute atomic E-state index is 12.1. The van der Waals surface area contributed by atoms with Crippen LogP contribution < -0.4 is 5.32 Å². The Kier molecular flexibility index (Phi) is 5.43. The molecule has 3 rings (SSSR count). The van der Waals surface area contributed by atoms with Crippen molar-refractivity contribution in [1.82, 2.24) is 19.8 Å². The van der Waals surface area contributed by atoms with Crippen LogP contribution >= 0.6 is 0 Å². The molecule has 2 aliphatic rings. The third-order valence-corrected chi connectivity index (χ3v) is 5.34. The van der Waals surface area contributed by atoms with Gasteiger partial charge in [0, 0.05) is 62.6 Å². The first-order valence-electron chi connectivity index (χ1n) is 9.23. The number of aryl methyl sites for hydroxylation is 1. The summed E-state index contributed by atoms with van der Waals surface area (Å²) >= 11 is 0. The zero-order valence-corrected chi connectivity index (χ0v) is 15.1. The van der Waals surface area contributed by atoms with Gasteiger partial charge in [0.1, 0.15) is 5.82 Å². The topological polar surface area (TPSA) is 59.4 Å². The molecule has 0 saturated carbocycles. The summed E-state index contributed by atoms with van der Waals surface area (Å²) < 4.78 is 7.84. The fraction of sp³-hybridized carbons (Fsp3) is 0.778. The number of hydrogen-bond donors (Lipinski definition) is 1. The van der Waals surface area contributed by atoms with Crippen LogP contribution in [-0.4, -0.2) is 52.8 Å². The van der Waals surface area contributed by atoms with E-state index >= 15 is 0 Å². The SMILES string of the molecule is CCC(C)NC(=O)N1CC(Cn2c(C)cnc2C2CCOCC2)C1. The highest BCUT2D eigenvalue weighted by Crippen LogP contribution is 2.28. The number of urea groups is 1. The average molecular weight is 334 g/mol. The molecule has 1 unspecified atom stereocenters. The Morgan fingerprint density at radius 2 is 2.12 bits per heavy atom. The summed E-state index contributed by atoms with van der Waals surface area (Å²) in [5.74, 6) is 2.25. The molecule has 0 aliphatic carbocycles. The lowest BCUT2D eigenvalue weighted by atomic mass is 9.97. The van der Waals surface area contributed by atoms with E-state index in [0.29, 0.717) is 11.8 Å². The zero-order valence-electron chi connectivity index (χ0n) is 15.1. The number of imidazole rings is 1. The number of carbonyl (C=O) groups is 1. The molecule has 0 spiro atoms. The third-order valence-electron chi connectivity index (χ3n) is 5.34. The number of hydrogen-bond acceptors (Lipinski definition) is 3. The third kappa shape index (κ3) is 3.74. The Bertz CT molecular complexity index is 559. The van der Waals surface area contributed by atoms with E-state index in [4.69, 9.17) is 4.74 Å². The first-order valence-corrected chi connectivity index (χ1v) is 9.23. The first-order chi connectivity index (χ1) is 11.6. The van der Waals surface area contributed by atoms with Crippen molar-refractivity contribution < 1.29 is 9.53 Å². The van der Waals surface area contributed by atoms with Crippen molar-refractivity contribution in [2.75, 3.05) is 26.3 Å². The molecular weight excluding hydrogens is 304 g/mol. The van der Waals surface area contributed by atoms with Crippen molar-refractivity contribution >= 4 is 6.03 Å². The number of ether oxygens (including phenoxy) is 1. The molecule has 2 saturated heterocycles. The second-order valence-corrected chi connectivity index (χ2v) is 7.28. The second-order valence-electron chi connectivity index (χ2n) is 7.28. The van der Waals surface area contributed by atoms with Gasteiger partial charge in [-0.1, -0.05) is 6.92 Å². The van der Waals surface area contributed by atoms with Gasteiger partial charge in [-0.2, -0.15) is 0 Å². The van der Waals surface area contributed by atoms with E-state index in [1.54, 1.807) is 0 Å². The summed E-state index contributed by atoms with van der Waals surface area (Å²) in [5, 5.41) is 3.04. The molecule has 2 fully saturated rings. The Labute approximate surface area is 144 Å². The smallest absolute Gasteiger partial charge is 0.317 e. The summed E-state index contributed by atoms with van der Waals surface area (Å²) in [4.78, 5) is 18.7. The van der Waals surface area contributed by atoms with E-state index in [9.17, 15) is 4.79 Å². The maximum atomic E-state index is 12.1. The monoisotopic (exact) mass is 334 g/mol. The van der Waals surface area contributed by atoms with Gasteiger partial charge < -0.3 is 19.5 Å². The highest BCUT2D eigenvalue weighted by molar-refractivity contribution is 5.75. The van der Waals surface area contributed by atoms with E-state index in [1.807, 2.05) is 18.0 Å². The molecule has 1 aromatic rings. The van der Waals surface area contributed by atoms with Gasteiger partial charge in [-0.3, -0.25) is 0 Å². The van der Waals surface area contributed by atoms with E-state index in [2.05, 4.69) is 28.7 Å². The minimum atomic E-state index is 0.0765. The Hall–Kier alpha value is -1.56. The number of rotatable bonds is 5. The standard InChI is InChI=1S/C18H30N4O2/c1-4-13(2)20-18(23)21-10-15(11-21)12-22-14(3)9-19-17(22)16-5-7-24-8-6-16/h9,13,15-16H,4-8,10-12H2,1-3H3,(H,20,23). The van der Waals surface area contributed by atoms with E-state index in [1.165, 1.54) is 11.5 Å². The van der Waals surface area contributed by atoms with Gasteiger partial charge in [-0.25, -0.2) is 9.78 Å². The van der Waals surface area contributed by atoms with Gasteiger partial charge in [0.2, 0.25) is 0 Å². The molecule has 134 valence electrons. The maximum Gasteiger partial charge on any atom is 0.317 e. The van der Waals surface area contributed by atoms with E-state index in [0.717, 1.165) is 52.1 Å². The zero-order chi connectivity index (χ0) is 17.1. The van der Waals surface area contributed by atoms with Crippen LogP contribution in [0.5, 0.6) is 0 Å². The van der Waals surface area contributed by atoms with Gasteiger partial charge in [0.15, 0.2) is 0 Å². The molecule has 3 heterocycles. The Morgan fingerprint density at radius 1 is 1.42 bits per heavy atom. The Morgan fingerprint density at radius 3 is 2.79 bits per heavy atom. The van der Waals surface area contributed by atoms with E-state index < -0.39 is 0 Å². The summed E-state index contributed by atoms with van der Waals surface area (Å²) in [6.45, 7) is 10.6. The Balaban J connectivity index is 1.54. The van der Waals surface area contributed by atoms with Crippen molar-refractivity contribution in [3.8, 4) is 0 Å². The first kappa shape index (κ1) is 17.3. The van der Waals surface area contributed by atoms with Crippen LogP contribution in [0.2, 0.25) is 0 Å². The van der Waals surface area contributed by atoms with Gasteiger partial charge in [0.25, 0.3) is 0 Å². The summed E-state index contributed by atoms with van der Waals surface area (Å²) in [7, 11) is 0. The van der Waals surface area contributed by atoms with Crippen LogP contribution in [0.15, 0.2) is 6.20 Å². The molecule has 1 atom stereocenters. The highest BCUT2D eigenvalue weighted by atomic mass is 16.5. The molecule has 2 amide bonds. The number of nitrogens with zero attached hydrogens (tertiary/aromatic N) is 3. The summed E-state index contributed by atoms with van der Waals surface area (Å²) in [6, 6.07) is 0.320. The largest absolute Gasteiger partial charge is 0.381 e. The van der Waals surface area contributed by atoms with Gasteiger partial charge in [-0.05, 0) is 33.1 Å². The van der Waals surface area contributed by atoms with Crippen molar-refractivity contribution in [1.29, 1.82) is 0 Å². The average Bonchev–Trinajstić information content (AvgIpc) is 2.91. The van der Waals surface area contributed by atoms with Crippen LogP contribution in [0.1, 0.15) is 50.5 Å². The van der Waals surface area contributed by atoms with Crippen molar-refractivity contribution in [3.05, 3.63) is 17.7 Å². The predicted octanol–water partition coefficient (Wildman–Crippen LogP) is 2.53. The lowest BCUT2D eigenvalue weighted by Crippen LogP contribution is -2.56. The molecule has 0 bridgehead atoms. The number of amides is 2. The minimum absolute atomic E-state index is 0.0765. The number of likely N-dealkylation sites (tertiary alicyclic amines) is 1. The molecule has 6 nitrogen and oxygen atoms in total. The number of carbonyl (C=O) groups excluding carboxylic acids is 1. The summed E-state index contributed by atoms with van der Waals surface area (Å²) in [5.41, 5.74) is 1.22. The van der Waals surface area contributed by atoms with Gasteiger partial charge in [-0.15, -0.1) is 0 Å². The molecule has 2 aliphatic heterocycles. The van der Waals surface area contributed by atoms with Crippen molar-refractivity contribution in [3.63, 3.8) is 0 Å². The van der Waals surface area contributed by atoms with Crippen LogP contribution in [0.25, 0.3) is 0 Å². The van der Waals surface area contributed by atoms with Crippen LogP contribution in [0, 0.1) is 12.8 Å². The van der Waals surface area contributed by atoms with Crippen molar-refractivity contribution in [2.45, 2.75) is 58.5 Å². The molecule has 0 radical (unpaired) electrons. The molecule has 24 heavy (non-hydrogen) atoms. The molecular formula is C18H30N4O2. The lowest BCUT2D eigenvalue weighted by molar-refractivity contribution is 0.0806. The highest BCUT2D eigenvalue weighted by Gasteiger charge is 2.32. The van der Waals surface area contributed by atoms with Crippen LogP contribution in [0.4, 0.5) is 4.79 Å². The molecule has 1 N–H and O–H groups in total. The van der Waals surface area contributed by atoms with Crippen LogP contribution in [-0.2, 0) is 11.3 Å². The quantitative estimate of drug-likeness (QED) is 0.900. The fourth-order valence-electron chi connectivity index (χ4n) is 3.51. The van der Waals surface area contributed by atoms with Crippen LogP contribution in [0.3, 0.4) is 0 Å².